The highest BCUT2D eigenvalue weighted by Crippen LogP contribution is 2.50. The summed E-state index contributed by atoms with van der Waals surface area (Å²) in [4.78, 5) is 0. The van der Waals surface area contributed by atoms with E-state index in [2.05, 4.69) is 59.9 Å². The van der Waals surface area contributed by atoms with Gasteiger partial charge < -0.3 is 5.32 Å². The highest BCUT2D eigenvalue weighted by molar-refractivity contribution is 5.63. The van der Waals surface area contributed by atoms with E-state index >= 15 is 0 Å². The number of hydrogen-bond acceptors (Lipinski definition) is 1. The number of benzene rings is 2. The van der Waals surface area contributed by atoms with E-state index in [1.54, 1.807) is 5.56 Å². The van der Waals surface area contributed by atoms with Gasteiger partial charge in [-0.05, 0) is 36.5 Å². The molecule has 0 bridgehead atoms. The number of nitrogens with one attached hydrogen (secondary N) is 1. The number of para-hydroxylation sites is 1. The van der Waals surface area contributed by atoms with Gasteiger partial charge in [0.15, 0.2) is 0 Å². The molecule has 2 atom stereocenters. The van der Waals surface area contributed by atoms with Crippen molar-refractivity contribution in [3.8, 4) is 0 Å². The summed E-state index contributed by atoms with van der Waals surface area (Å²) in [6.07, 6.45) is 6.52. The second-order valence-electron chi connectivity index (χ2n) is 6.31. The maximum atomic E-state index is 3.80. The van der Waals surface area contributed by atoms with E-state index < -0.39 is 0 Å². The van der Waals surface area contributed by atoms with Crippen LogP contribution in [0.1, 0.15) is 36.8 Å². The van der Waals surface area contributed by atoms with Crippen LogP contribution in [0.3, 0.4) is 0 Å². The van der Waals surface area contributed by atoms with Crippen LogP contribution in [-0.2, 0) is 11.8 Å². The van der Waals surface area contributed by atoms with Crippen molar-refractivity contribution >= 4 is 5.69 Å². The molecule has 1 heterocycles. The Kier molecular flexibility index (Phi) is 2.80. The first-order valence-electron chi connectivity index (χ1n) is 7.78. The van der Waals surface area contributed by atoms with Gasteiger partial charge in [-0.3, -0.25) is 0 Å². The van der Waals surface area contributed by atoms with Crippen molar-refractivity contribution in [2.24, 2.45) is 0 Å². The Hall–Kier alpha value is -1.76. The van der Waals surface area contributed by atoms with Crippen molar-refractivity contribution in [3.63, 3.8) is 0 Å². The van der Waals surface area contributed by atoms with Crippen molar-refractivity contribution in [1.82, 2.24) is 0 Å². The van der Waals surface area contributed by atoms with Gasteiger partial charge in [0.05, 0.1) is 0 Å². The Bertz CT molecular complexity index is 604. The van der Waals surface area contributed by atoms with E-state index in [0.29, 0.717) is 11.5 Å². The van der Waals surface area contributed by atoms with Crippen molar-refractivity contribution in [3.05, 3.63) is 65.7 Å². The first-order valence-corrected chi connectivity index (χ1v) is 7.78. The number of anilines is 1. The molecular weight excluding hydrogens is 242 g/mol. The van der Waals surface area contributed by atoms with Crippen LogP contribution in [0.15, 0.2) is 54.6 Å². The molecule has 1 saturated carbocycles. The normalized spacial score (nSPS) is 27.5. The third-order valence-corrected chi connectivity index (χ3v) is 5.19. The van der Waals surface area contributed by atoms with Gasteiger partial charge in [0.1, 0.15) is 0 Å². The maximum absolute atomic E-state index is 3.80. The molecule has 1 heteroatoms. The lowest BCUT2D eigenvalue weighted by Gasteiger charge is -2.40. The van der Waals surface area contributed by atoms with Gasteiger partial charge in [-0.2, -0.15) is 0 Å². The Labute approximate surface area is 121 Å². The standard InChI is InChI=1S/C19H21N/c1-2-8-15(9-3-1)14-19-13-7-6-12-18(19)20-17-11-5-4-10-16(17)19/h1-5,8-11,18,20H,6-7,12-14H2/t18-,19+/m1/s1. The van der Waals surface area contributed by atoms with Gasteiger partial charge in [-0.15, -0.1) is 0 Å². The fourth-order valence-electron chi connectivity index (χ4n) is 4.27. The van der Waals surface area contributed by atoms with E-state index in [0.717, 1.165) is 0 Å². The van der Waals surface area contributed by atoms with Crippen LogP contribution >= 0.6 is 0 Å². The lowest BCUT2D eigenvalue weighted by molar-refractivity contribution is 0.277. The van der Waals surface area contributed by atoms with E-state index in [4.69, 9.17) is 0 Å². The molecule has 4 rings (SSSR count). The zero-order valence-corrected chi connectivity index (χ0v) is 11.8. The zero-order valence-electron chi connectivity index (χ0n) is 11.8. The Balaban J connectivity index is 1.79. The van der Waals surface area contributed by atoms with Gasteiger partial charge in [-0.25, -0.2) is 0 Å². The van der Waals surface area contributed by atoms with E-state index in [1.807, 2.05) is 0 Å². The molecule has 0 radical (unpaired) electrons. The molecule has 2 aromatic rings. The molecule has 1 nitrogen and oxygen atoms in total. The average molecular weight is 263 g/mol. The first kappa shape index (κ1) is 12.0. The van der Waals surface area contributed by atoms with Crippen LogP contribution in [0.5, 0.6) is 0 Å². The van der Waals surface area contributed by atoms with E-state index in [1.165, 1.54) is 43.4 Å². The van der Waals surface area contributed by atoms with Crippen LogP contribution < -0.4 is 5.32 Å². The van der Waals surface area contributed by atoms with Crippen molar-refractivity contribution in [2.75, 3.05) is 5.32 Å². The predicted octanol–water partition coefficient (Wildman–Crippen LogP) is 4.54. The molecule has 1 N–H and O–H groups in total. The minimum absolute atomic E-state index is 0.316. The summed E-state index contributed by atoms with van der Waals surface area (Å²) in [6, 6.07) is 20.6. The number of hydrogen-bond donors (Lipinski definition) is 1. The van der Waals surface area contributed by atoms with Gasteiger partial charge in [-0.1, -0.05) is 61.4 Å². The van der Waals surface area contributed by atoms with Crippen LogP contribution in [0.25, 0.3) is 0 Å². The van der Waals surface area contributed by atoms with Crippen LogP contribution in [0.4, 0.5) is 5.69 Å². The molecule has 1 fully saturated rings. The van der Waals surface area contributed by atoms with Gasteiger partial charge in [0.25, 0.3) is 0 Å². The van der Waals surface area contributed by atoms with Crippen molar-refractivity contribution in [1.29, 1.82) is 0 Å². The Morgan fingerprint density at radius 2 is 1.75 bits per heavy atom. The molecule has 0 aromatic heterocycles. The van der Waals surface area contributed by atoms with Crippen LogP contribution in [0.2, 0.25) is 0 Å². The Morgan fingerprint density at radius 1 is 0.950 bits per heavy atom. The molecule has 2 aliphatic rings. The van der Waals surface area contributed by atoms with Gasteiger partial charge >= 0.3 is 0 Å². The summed E-state index contributed by atoms with van der Waals surface area (Å²) in [7, 11) is 0. The lowest BCUT2D eigenvalue weighted by Crippen LogP contribution is -2.43. The molecule has 20 heavy (non-hydrogen) atoms. The molecule has 1 aliphatic carbocycles. The monoisotopic (exact) mass is 263 g/mol. The predicted molar refractivity (Wildman–Crippen MR) is 84.1 cm³/mol. The summed E-state index contributed by atoms with van der Waals surface area (Å²) >= 11 is 0. The summed E-state index contributed by atoms with van der Waals surface area (Å²) < 4.78 is 0. The van der Waals surface area contributed by atoms with E-state index in [9.17, 15) is 0 Å². The minimum Gasteiger partial charge on any atom is -0.381 e. The maximum Gasteiger partial charge on any atom is 0.0381 e. The molecule has 1 aliphatic heterocycles. The lowest BCUT2D eigenvalue weighted by atomic mass is 9.65. The van der Waals surface area contributed by atoms with Crippen LogP contribution in [-0.4, -0.2) is 6.04 Å². The SMILES string of the molecule is c1ccc(C[C@]23CCCC[C@H]2Nc2ccccc23)cc1. The third kappa shape index (κ3) is 1.76. The van der Waals surface area contributed by atoms with Gasteiger partial charge in [0.2, 0.25) is 0 Å². The fourth-order valence-corrected chi connectivity index (χ4v) is 4.27. The highest BCUT2D eigenvalue weighted by Gasteiger charge is 2.47. The third-order valence-electron chi connectivity index (χ3n) is 5.19. The average Bonchev–Trinajstić information content (AvgIpc) is 2.83. The van der Waals surface area contributed by atoms with Gasteiger partial charge in [0, 0.05) is 17.1 Å². The first-order chi connectivity index (χ1) is 9.88. The number of fused-ring (bicyclic) bond motifs is 3. The second-order valence-corrected chi connectivity index (χ2v) is 6.31. The zero-order chi connectivity index (χ0) is 13.4. The molecule has 0 saturated heterocycles. The largest absolute Gasteiger partial charge is 0.381 e. The summed E-state index contributed by atoms with van der Waals surface area (Å²) in [5.41, 5.74) is 4.71. The fraction of sp³-hybridized carbons (Fsp3) is 0.368. The van der Waals surface area contributed by atoms with Crippen molar-refractivity contribution in [2.45, 2.75) is 43.6 Å². The summed E-state index contributed by atoms with van der Waals surface area (Å²) in [5, 5.41) is 3.80. The molecule has 0 unspecified atom stereocenters. The molecule has 0 spiro atoms. The molecule has 102 valence electrons. The quantitative estimate of drug-likeness (QED) is 0.839. The minimum atomic E-state index is 0.316. The van der Waals surface area contributed by atoms with Crippen LogP contribution in [0, 0.1) is 0 Å². The van der Waals surface area contributed by atoms with Crippen molar-refractivity contribution < 1.29 is 0 Å². The second kappa shape index (κ2) is 4.66. The highest BCUT2D eigenvalue weighted by atomic mass is 15.0. The smallest absolute Gasteiger partial charge is 0.0381 e. The molecule has 2 aromatic carbocycles. The summed E-state index contributed by atoms with van der Waals surface area (Å²) in [6.45, 7) is 0. The summed E-state index contributed by atoms with van der Waals surface area (Å²) in [5.74, 6) is 0. The Morgan fingerprint density at radius 3 is 2.65 bits per heavy atom. The molecule has 0 amide bonds. The topological polar surface area (TPSA) is 12.0 Å². The molecular formula is C19H21N. The van der Waals surface area contributed by atoms with E-state index in [-0.39, 0.29) is 0 Å². The number of rotatable bonds is 2.